The van der Waals surface area contributed by atoms with Crippen LogP contribution in [-0.4, -0.2) is 0 Å². The summed E-state index contributed by atoms with van der Waals surface area (Å²) in [5.41, 5.74) is 0. The number of benzene rings is 3. The predicted molar refractivity (Wildman–Crippen MR) is 58.0 cm³/mol. The summed E-state index contributed by atoms with van der Waals surface area (Å²) >= 11 is 0. The van der Waals surface area contributed by atoms with E-state index < -0.39 is 0 Å². The fourth-order valence-electron chi connectivity index (χ4n) is 1.67. The average molecular weight is 175 g/mol. The second-order valence-corrected chi connectivity index (χ2v) is 3.30. The molecule has 0 fully saturated rings. The minimum absolute atomic E-state index is 1.12. The van der Waals surface area contributed by atoms with Gasteiger partial charge in [-0.2, -0.15) is 0 Å². The van der Waals surface area contributed by atoms with Crippen LogP contribution >= 0.6 is 0 Å². The number of fused-ring (bicyclic) bond motifs is 2. The Labute approximate surface area is 82.8 Å². The molecular weight excluding hydrogens is 168 g/mol. The standard InChI is InChI=1S/C14H7/c1-2-6-12-10-14-8-4-3-7-13(14)9-11(12)5-1/h1,4-9H. The molecule has 0 saturated heterocycles. The molecule has 0 amide bonds. The Morgan fingerprint density at radius 1 is 0.786 bits per heavy atom. The van der Waals surface area contributed by atoms with Crippen LogP contribution in [0.2, 0.25) is 0 Å². The lowest BCUT2D eigenvalue weighted by Gasteiger charge is -1.99. The lowest BCUT2D eigenvalue weighted by atomic mass is 10.0. The van der Waals surface area contributed by atoms with Gasteiger partial charge in [-0.1, -0.05) is 24.3 Å². The van der Waals surface area contributed by atoms with E-state index in [1.165, 1.54) is 10.8 Å². The molecule has 0 bridgehead atoms. The van der Waals surface area contributed by atoms with Crippen molar-refractivity contribution in [2.75, 3.05) is 0 Å². The van der Waals surface area contributed by atoms with Gasteiger partial charge in [-0.3, -0.25) is 0 Å². The minimum atomic E-state index is 1.12. The van der Waals surface area contributed by atoms with Crippen molar-refractivity contribution in [2.45, 2.75) is 0 Å². The van der Waals surface area contributed by atoms with E-state index in [-0.39, 0.29) is 0 Å². The molecule has 0 aliphatic heterocycles. The summed E-state index contributed by atoms with van der Waals surface area (Å²) in [7, 11) is 0. The Morgan fingerprint density at radius 3 is 2.64 bits per heavy atom. The van der Waals surface area contributed by atoms with Crippen molar-refractivity contribution in [2.24, 2.45) is 0 Å². The molecule has 0 nitrogen and oxygen atoms in total. The molecule has 0 heteroatoms. The zero-order chi connectivity index (χ0) is 9.38. The van der Waals surface area contributed by atoms with Crippen LogP contribution in [0.1, 0.15) is 0 Å². The van der Waals surface area contributed by atoms with Gasteiger partial charge in [0.15, 0.2) is 0 Å². The van der Waals surface area contributed by atoms with Gasteiger partial charge in [0, 0.05) is 0 Å². The van der Waals surface area contributed by atoms with Crippen LogP contribution in [0.15, 0.2) is 42.5 Å². The first kappa shape index (κ1) is 7.57. The molecule has 0 aliphatic carbocycles. The Balaban J connectivity index is 2.52. The summed E-state index contributed by atoms with van der Waals surface area (Å²) in [4.78, 5) is 0. The van der Waals surface area contributed by atoms with Crippen LogP contribution in [0.5, 0.6) is 0 Å². The summed E-state index contributed by atoms with van der Waals surface area (Å²) < 4.78 is 0. The van der Waals surface area contributed by atoms with Crippen molar-refractivity contribution in [3.63, 3.8) is 0 Å². The fraction of sp³-hybridized carbons (Fsp3) is 0. The summed E-state index contributed by atoms with van der Waals surface area (Å²) in [5, 5.41) is 4.64. The zero-order valence-corrected chi connectivity index (χ0v) is 7.54. The van der Waals surface area contributed by atoms with Crippen LogP contribution < -0.4 is 0 Å². The molecule has 0 unspecified atom stereocenters. The smallest absolute Gasteiger partial charge is 0.00141 e. The minimum Gasteiger partial charge on any atom is -0.0537 e. The second kappa shape index (κ2) is 2.85. The molecule has 0 N–H and O–H groups in total. The van der Waals surface area contributed by atoms with E-state index >= 15 is 0 Å². The third-order valence-corrected chi connectivity index (χ3v) is 2.37. The maximum atomic E-state index is 3.36. The quantitative estimate of drug-likeness (QED) is 0.459. The van der Waals surface area contributed by atoms with E-state index in [0.717, 1.165) is 10.8 Å². The van der Waals surface area contributed by atoms with Gasteiger partial charge in [-0.05, 0) is 57.9 Å². The van der Waals surface area contributed by atoms with Gasteiger partial charge >= 0.3 is 0 Å². The molecule has 3 rings (SSSR count). The Kier molecular flexibility index (Phi) is 1.54. The van der Waals surface area contributed by atoms with E-state index in [4.69, 9.17) is 0 Å². The molecule has 0 aromatic heterocycles. The Hall–Kier alpha value is -1.82. The predicted octanol–water partition coefficient (Wildman–Crippen LogP) is 3.39. The van der Waals surface area contributed by atoms with Crippen molar-refractivity contribution in [1.29, 1.82) is 0 Å². The highest BCUT2D eigenvalue weighted by Gasteiger charge is 1.96. The first-order chi connectivity index (χ1) is 6.93. The van der Waals surface area contributed by atoms with Crippen LogP contribution in [0.25, 0.3) is 21.5 Å². The van der Waals surface area contributed by atoms with Crippen molar-refractivity contribution >= 4 is 21.5 Å². The number of rotatable bonds is 0. The van der Waals surface area contributed by atoms with Crippen LogP contribution in [0, 0.1) is 18.2 Å². The molecule has 14 heavy (non-hydrogen) atoms. The molecule has 0 saturated carbocycles. The van der Waals surface area contributed by atoms with Gasteiger partial charge in [-0.15, -0.1) is 0 Å². The van der Waals surface area contributed by atoms with Gasteiger partial charge in [0.2, 0.25) is 0 Å². The van der Waals surface area contributed by atoms with Crippen LogP contribution in [-0.2, 0) is 0 Å². The van der Waals surface area contributed by atoms with Crippen molar-refractivity contribution in [3.05, 3.63) is 60.7 Å². The molecule has 0 heterocycles. The maximum Gasteiger partial charge on any atom is -0.00141 e. The van der Waals surface area contributed by atoms with Crippen molar-refractivity contribution < 1.29 is 0 Å². The summed E-state index contributed by atoms with van der Waals surface area (Å²) in [6.07, 6.45) is 0. The maximum absolute atomic E-state index is 3.36. The van der Waals surface area contributed by atoms with Gasteiger partial charge in [-0.25, -0.2) is 0 Å². The summed E-state index contributed by atoms with van der Waals surface area (Å²) in [5.74, 6) is 0. The third kappa shape index (κ3) is 1.08. The lowest BCUT2D eigenvalue weighted by Crippen LogP contribution is -1.75. The normalized spacial score (nSPS) is 10.9. The second-order valence-electron chi connectivity index (χ2n) is 3.30. The molecule has 3 aromatic carbocycles. The van der Waals surface area contributed by atoms with Crippen LogP contribution in [0.3, 0.4) is 0 Å². The summed E-state index contributed by atoms with van der Waals surface area (Å²) in [6, 6.07) is 23.5. The Bertz CT molecular complexity index is 489. The van der Waals surface area contributed by atoms with Crippen LogP contribution in [0.4, 0.5) is 0 Å². The SMILES string of the molecule is [c]1ccc2cc3c[c]ccc3[c]c2c1. The first-order valence-corrected chi connectivity index (χ1v) is 4.55. The van der Waals surface area contributed by atoms with E-state index in [2.05, 4.69) is 30.3 Å². The average Bonchev–Trinajstić information content (AvgIpc) is 2.26. The van der Waals surface area contributed by atoms with E-state index in [1.54, 1.807) is 0 Å². The molecular formula is C14H7. The van der Waals surface area contributed by atoms with Gasteiger partial charge in [0.25, 0.3) is 0 Å². The highest BCUT2D eigenvalue weighted by atomic mass is 14.0. The Morgan fingerprint density at radius 2 is 1.64 bits per heavy atom. The monoisotopic (exact) mass is 175 g/mol. The van der Waals surface area contributed by atoms with E-state index in [0.29, 0.717) is 0 Å². The number of hydrogen-bond acceptors (Lipinski definition) is 0. The highest BCUT2D eigenvalue weighted by Crippen LogP contribution is 2.20. The van der Waals surface area contributed by atoms with E-state index in [9.17, 15) is 0 Å². The van der Waals surface area contributed by atoms with Crippen molar-refractivity contribution in [3.8, 4) is 0 Å². The van der Waals surface area contributed by atoms with Crippen molar-refractivity contribution in [1.82, 2.24) is 0 Å². The highest BCUT2D eigenvalue weighted by molar-refractivity contribution is 5.97. The molecule has 3 aromatic rings. The summed E-state index contributed by atoms with van der Waals surface area (Å²) in [6.45, 7) is 0. The van der Waals surface area contributed by atoms with Gasteiger partial charge in [0.1, 0.15) is 0 Å². The van der Waals surface area contributed by atoms with E-state index in [1.807, 2.05) is 30.3 Å². The first-order valence-electron chi connectivity index (χ1n) is 4.55. The van der Waals surface area contributed by atoms with Gasteiger partial charge < -0.3 is 0 Å². The molecule has 3 radical (unpaired) electrons. The third-order valence-electron chi connectivity index (χ3n) is 2.37. The fourth-order valence-corrected chi connectivity index (χ4v) is 1.67. The van der Waals surface area contributed by atoms with Gasteiger partial charge in [0.05, 0.1) is 0 Å². The number of hydrogen-bond donors (Lipinski definition) is 0. The molecule has 63 valence electrons. The zero-order valence-electron chi connectivity index (χ0n) is 7.54. The molecule has 0 spiro atoms. The lowest BCUT2D eigenvalue weighted by molar-refractivity contribution is 1.74. The molecule has 0 aliphatic rings. The topological polar surface area (TPSA) is 0 Å². The largest absolute Gasteiger partial charge is 0.0537 e. The molecule has 0 atom stereocenters.